The maximum atomic E-state index is 13.0. The fourth-order valence-corrected chi connectivity index (χ4v) is 4.08. The highest BCUT2D eigenvalue weighted by Crippen LogP contribution is 2.30. The molecule has 4 heterocycles. The van der Waals surface area contributed by atoms with E-state index < -0.39 is 35.1 Å². The van der Waals surface area contributed by atoms with Crippen LogP contribution in [-0.2, 0) is 21.9 Å². The normalized spacial score (nSPS) is 19.8. The minimum Gasteiger partial charge on any atom is -0.369 e. The lowest BCUT2D eigenvalue weighted by atomic mass is 10.1. The SMILES string of the molecule is O=C(CCN1CCOC(c2cc(C(F)(F)F)c(=O)[nH]n2)C1)N1CCN(c2ncc(C(F)(F)F)cn2)CC1. The molecular formula is C21H23F6N7O3. The third-order valence-electron chi connectivity index (χ3n) is 6.13. The zero-order chi connectivity index (χ0) is 26.8. The molecule has 202 valence electrons. The van der Waals surface area contributed by atoms with Crippen molar-refractivity contribution in [2.24, 2.45) is 0 Å². The number of hydrogen-bond donors (Lipinski definition) is 1. The number of anilines is 1. The number of amides is 1. The Morgan fingerprint density at radius 1 is 1.03 bits per heavy atom. The summed E-state index contributed by atoms with van der Waals surface area (Å²) in [6, 6.07) is 0.679. The van der Waals surface area contributed by atoms with Crippen molar-refractivity contribution >= 4 is 11.9 Å². The predicted octanol–water partition coefficient (Wildman–Crippen LogP) is 1.71. The van der Waals surface area contributed by atoms with E-state index in [0.29, 0.717) is 45.3 Å². The zero-order valence-corrected chi connectivity index (χ0v) is 19.3. The lowest BCUT2D eigenvalue weighted by Gasteiger charge is -2.36. The largest absolute Gasteiger partial charge is 0.421 e. The van der Waals surface area contributed by atoms with Gasteiger partial charge in [0.05, 0.1) is 17.9 Å². The van der Waals surface area contributed by atoms with Gasteiger partial charge in [-0.1, -0.05) is 0 Å². The van der Waals surface area contributed by atoms with Crippen LogP contribution in [0.15, 0.2) is 23.3 Å². The Morgan fingerprint density at radius 3 is 2.32 bits per heavy atom. The van der Waals surface area contributed by atoms with E-state index in [1.807, 2.05) is 10.00 Å². The summed E-state index contributed by atoms with van der Waals surface area (Å²) in [5.41, 5.74) is -3.68. The molecule has 2 aromatic heterocycles. The second kappa shape index (κ2) is 10.6. The number of halogens is 6. The molecule has 0 spiro atoms. The molecule has 2 aromatic rings. The third kappa shape index (κ3) is 6.54. The molecule has 1 unspecified atom stereocenters. The Balaban J connectivity index is 1.26. The highest BCUT2D eigenvalue weighted by molar-refractivity contribution is 5.76. The van der Waals surface area contributed by atoms with Crippen LogP contribution in [0.3, 0.4) is 0 Å². The van der Waals surface area contributed by atoms with E-state index in [2.05, 4.69) is 15.1 Å². The van der Waals surface area contributed by atoms with Gasteiger partial charge >= 0.3 is 12.4 Å². The monoisotopic (exact) mass is 535 g/mol. The Kier molecular flexibility index (Phi) is 7.68. The Bertz CT molecular complexity index is 1150. The van der Waals surface area contributed by atoms with Crippen LogP contribution in [0, 0.1) is 0 Å². The maximum Gasteiger partial charge on any atom is 0.421 e. The van der Waals surface area contributed by atoms with Gasteiger partial charge < -0.3 is 14.5 Å². The fraction of sp³-hybridized carbons (Fsp3) is 0.571. The topological polar surface area (TPSA) is 108 Å². The van der Waals surface area contributed by atoms with E-state index in [1.54, 1.807) is 9.80 Å². The lowest BCUT2D eigenvalue weighted by Crippen LogP contribution is -2.50. The first-order valence-corrected chi connectivity index (χ1v) is 11.3. The van der Waals surface area contributed by atoms with E-state index >= 15 is 0 Å². The third-order valence-corrected chi connectivity index (χ3v) is 6.13. The van der Waals surface area contributed by atoms with Crippen LogP contribution in [0.5, 0.6) is 0 Å². The first-order valence-electron chi connectivity index (χ1n) is 11.3. The Morgan fingerprint density at radius 2 is 1.70 bits per heavy atom. The average Bonchev–Trinajstić information content (AvgIpc) is 2.87. The molecule has 2 saturated heterocycles. The number of aromatic amines is 1. The highest BCUT2D eigenvalue weighted by atomic mass is 19.4. The van der Waals surface area contributed by atoms with Crippen LogP contribution in [0.2, 0.25) is 0 Å². The van der Waals surface area contributed by atoms with Crippen LogP contribution < -0.4 is 10.5 Å². The van der Waals surface area contributed by atoms with Crippen molar-refractivity contribution in [2.45, 2.75) is 24.9 Å². The molecule has 2 aliphatic rings. The summed E-state index contributed by atoms with van der Waals surface area (Å²) in [4.78, 5) is 36.9. The number of nitrogens with zero attached hydrogens (tertiary/aromatic N) is 6. The number of carbonyl (C=O) groups excluding carboxylic acids is 1. The highest BCUT2D eigenvalue weighted by Gasteiger charge is 2.36. The first kappa shape index (κ1) is 26.8. The van der Waals surface area contributed by atoms with Crippen LogP contribution in [-0.4, -0.2) is 88.3 Å². The maximum absolute atomic E-state index is 13.0. The molecule has 1 amide bonds. The number of hydrogen-bond acceptors (Lipinski definition) is 8. The average molecular weight is 535 g/mol. The van der Waals surface area contributed by atoms with E-state index in [1.165, 1.54) is 0 Å². The van der Waals surface area contributed by atoms with Gasteiger partial charge in [-0.05, 0) is 6.07 Å². The summed E-state index contributed by atoms with van der Waals surface area (Å²) in [5, 5.41) is 5.55. The molecule has 16 heteroatoms. The van der Waals surface area contributed by atoms with E-state index in [-0.39, 0.29) is 37.1 Å². The number of morpholine rings is 1. The van der Waals surface area contributed by atoms with Gasteiger partial charge in [0.25, 0.3) is 5.56 Å². The summed E-state index contributed by atoms with van der Waals surface area (Å²) in [6.07, 6.45) is -8.53. The minimum atomic E-state index is -4.82. The number of carbonyl (C=O) groups is 1. The summed E-state index contributed by atoms with van der Waals surface area (Å²) in [6.45, 7) is 2.63. The number of aromatic nitrogens is 4. The van der Waals surface area contributed by atoms with Gasteiger partial charge in [-0.2, -0.15) is 31.4 Å². The summed E-state index contributed by atoms with van der Waals surface area (Å²) in [7, 11) is 0. The number of rotatable bonds is 5. The fourth-order valence-electron chi connectivity index (χ4n) is 4.08. The molecule has 0 saturated carbocycles. The number of alkyl halides is 6. The zero-order valence-electron chi connectivity index (χ0n) is 19.3. The second-order valence-electron chi connectivity index (χ2n) is 8.58. The van der Waals surface area contributed by atoms with Crippen molar-refractivity contribution in [3.05, 3.63) is 45.6 Å². The number of ether oxygens (including phenoxy) is 1. The van der Waals surface area contributed by atoms with Crippen LogP contribution in [0.25, 0.3) is 0 Å². The van der Waals surface area contributed by atoms with Gasteiger partial charge in [-0.15, -0.1) is 0 Å². The second-order valence-corrected chi connectivity index (χ2v) is 8.58. The number of H-pyrrole nitrogens is 1. The number of nitrogens with one attached hydrogen (secondary N) is 1. The molecule has 2 aliphatic heterocycles. The molecule has 2 fully saturated rings. The molecule has 10 nitrogen and oxygen atoms in total. The molecule has 1 atom stereocenters. The first-order chi connectivity index (χ1) is 17.4. The molecule has 4 rings (SSSR count). The van der Waals surface area contributed by atoms with Crippen molar-refractivity contribution in [1.29, 1.82) is 0 Å². The smallest absolute Gasteiger partial charge is 0.369 e. The van der Waals surface area contributed by atoms with Gasteiger partial charge in [0.1, 0.15) is 11.7 Å². The Hall–Kier alpha value is -3.27. The molecular weight excluding hydrogens is 512 g/mol. The minimum absolute atomic E-state index is 0.0513. The lowest BCUT2D eigenvalue weighted by molar-refractivity contribution is -0.139. The van der Waals surface area contributed by atoms with Gasteiger partial charge in [-0.3, -0.25) is 14.5 Å². The van der Waals surface area contributed by atoms with Gasteiger partial charge in [0, 0.05) is 64.6 Å². The Labute approximate surface area is 206 Å². The summed E-state index contributed by atoms with van der Waals surface area (Å²) < 4.78 is 82.7. The van der Waals surface area contributed by atoms with Crippen LogP contribution >= 0.6 is 0 Å². The van der Waals surface area contributed by atoms with Crippen LogP contribution in [0.4, 0.5) is 32.3 Å². The van der Waals surface area contributed by atoms with Gasteiger partial charge in [0.15, 0.2) is 0 Å². The van der Waals surface area contributed by atoms with Crippen molar-refractivity contribution in [3.8, 4) is 0 Å². The van der Waals surface area contributed by atoms with E-state index in [4.69, 9.17) is 4.74 Å². The van der Waals surface area contributed by atoms with Crippen molar-refractivity contribution in [1.82, 2.24) is 30.0 Å². The molecule has 0 radical (unpaired) electrons. The quantitative estimate of drug-likeness (QED) is 0.577. The van der Waals surface area contributed by atoms with E-state index in [0.717, 1.165) is 12.4 Å². The van der Waals surface area contributed by atoms with Crippen LogP contribution in [0.1, 0.15) is 29.3 Å². The van der Waals surface area contributed by atoms with Crippen molar-refractivity contribution in [3.63, 3.8) is 0 Å². The molecule has 0 aromatic carbocycles. The van der Waals surface area contributed by atoms with Crippen molar-refractivity contribution in [2.75, 3.05) is 57.3 Å². The molecule has 1 N–H and O–H groups in total. The molecule has 0 aliphatic carbocycles. The van der Waals surface area contributed by atoms with Gasteiger partial charge in [-0.25, -0.2) is 15.1 Å². The van der Waals surface area contributed by atoms with Gasteiger partial charge in [0.2, 0.25) is 11.9 Å². The van der Waals surface area contributed by atoms with E-state index in [9.17, 15) is 35.9 Å². The summed E-state index contributed by atoms with van der Waals surface area (Å²) in [5.74, 6) is 0.0292. The number of piperazine rings is 1. The van der Waals surface area contributed by atoms with Crippen molar-refractivity contribution < 1.29 is 35.9 Å². The molecule has 37 heavy (non-hydrogen) atoms. The molecule has 0 bridgehead atoms. The summed E-state index contributed by atoms with van der Waals surface area (Å²) >= 11 is 0. The standard InChI is InChI=1S/C21H23F6N7O3/c22-20(23,24)13-10-28-19(29-11-13)34-5-3-33(4-6-34)17(35)1-2-32-7-8-37-16(12-32)15-9-14(21(25,26)27)18(36)31-30-15/h9-11,16H,1-8,12H2,(H,31,36). The predicted molar refractivity (Wildman–Crippen MR) is 115 cm³/mol.